The molecule has 43 heavy (non-hydrogen) atoms. The summed E-state index contributed by atoms with van der Waals surface area (Å²) in [7, 11) is -4.22. The van der Waals surface area contributed by atoms with E-state index in [0.29, 0.717) is 37.2 Å². The molecule has 0 bridgehead atoms. The topological polar surface area (TPSA) is 143 Å². The molecule has 11 nitrogen and oxygen atoms in total. The average Bonchev–Trinajstić information content (AvgIpc) is 3.34. The van der Waals surface area contributed by atoms with Gasteiger partial charge in [0.25, 0.3) is 5.56 Å². The predicted molar refractivity (Wildman–Crippen MR) is 165 cm³/mol. The van der Waals surface area contributed by atoms with Gasteiger partial charge in [0.2, 0.25) is 5.85 Å². The summed E-state index contributed by atoms with van der Waals surface area (Å²) in [5.41, 5.74) is -2.19. The fraction of sp³-hybridized carbons (Fsp3) is 0.786. The van der Waals surface area contributed by atoms with Crippen LogP contribution < -0.4 is 11.2 Å². The first-order valence-corrected chi connectivity index (χ1v) is 17.9. The molecule has 0 spiro atoms. The van der Waals surface area contributed by atoms with Gasteiger partial charge in [-0.25, -0.2) is 13.8 Å². The molecule has 0 radical (unpaired) electrons. The highest BCUT2D eigenvalue weighted by atomic mass is 32.2. The Kier molecular flexibility index (Phi) is 12.1. The van der Waals surface area contributed by atoms with E-state index < -0.39 is 59.9 Å². The highest BCUT2D eigenvalue weighted by molar-refractivity contribution is 8.14. The number of alkyl halides is 1. The lowest BCUT2D eigenvalue weighted by atomic mass is 9.99. The molecule has 15 heteroatoms. The van der Waals surface area contributed by atoms with E-state index in [1.165, 1.54) is 29.7 Å². The molecule has 5 atom stereocenters. The number of phosphoric ester groups is 1. The average molecular weight is 667 g/mol. The quantitative estimate of drug-likeness (QED) is 0.182. The Balaban J connectivity index is 1.56. The van der Waals surface area contributed by atoms with E-state index in [0.717, 1.165) is 10.6 Å². The number of H-pyrrole nitrogens is 1. The first-order valence-electron chi connectivity index (χ1n) is 14.5. The van der Waals surface area contributed by atoms with E-state index in [-0.39, 0.29) is 23.4 Å². The van der Waals surface area contributed by atoms with Crippen LogP contribution in [-0.4, -0.2) is 56.5 Å². The summed E-state index contributed by atoms with van der Waals surface area (Å²) in [6, 6.07) is 1.14. The van der Waals surface area contributed by atoms with E-state index in [9.17, 15) is 23.7 Å². The molecule has 1 aromatic heterocycles. The maximum atomic E-state index is 15.8. The van der Waals surface area contributed by atoms with Crippen molar-refractivity contribution in [2.75, 3.05) is 24.7 Å². The van der Waals surface area contributed by atoms with Crippen molar-refractivity contribution in [1.29, 1.82) is 0 Å². The Hall–Kier alpha value is -1.28. The number of unbranched alkanes of at least 4 members (excludes halogenated alkanes) is 2. The molecule has 2 aliphatic rings. The summed E-state index contributed by atoms with van der Waals surface area (Å²) in [4.78, 5) is 50.0. The number of nitrogens with one attached hydrogen (secondary N) is 1. The highest BCUT2D eigenvalue weighted by Crippen LogP contribution is 2.69. The predicted octanol–water partition coefficient (Wildman–Crippen LogP) is 5.70. The van der Waals surface area contributed by atoms with Gasteiger partial charge < -0.3 is 4.74 Å². The Bertz CT molecular complexity index is 1270. The molecule has 1 aromatic rings. The van der Waals surface area contributed by atoms with E-state index in [4.69, 9.17) is 18.3 Å². The number of halogens is 1. The summed E-state index contributed by atoms with van der Waals surface area (Å²) in [5, 5.41) is 0.163. The van der Waals surface area contributed by atoms with Crippen molar-refractivity contribution < 1.29 is 36.9 Å². The summed E-state index contributed by atoms with van der Waals surface area (Å²) >= 11 is 2.47. The van der Waals surface area contributed by atoms with Crippen molar-refractivity contribution in [2.45, 2.75) is 92.3 Å². The summed E-state index contributed by atoms with van der Waals surface area (Å²) < 4.78 is 52.9. The number of ether oxygens (including phenoxy) is 1. The number of carbonyl (C=O) groups excluding carboxylic acids is 2. The van der Waals surface area contributed by atoms with Gasteiger partial charge in [0.1, 0.15) is 12.3 Å². The van der Waals surface area contributed by atoms with Crippen molar-refractivity contribution in [2.24, 2.45) is 22.7 Å². The monoisotopic (exact) mass is 666 g/mol. The van der Waals surface area contributed by atoms with Crippen LogP contribution in [0.2, 0.25) is 0 Å². The number of hydrogen-bond acceptors (Lipinski definition) is 11. The maximum absolute atomic E-state index is 15.8. The number of rotatable bonds is 15. The molecular formula is C28H44FN2O9PS2. The van der Waals surface area contributed by atoms with Gasteiger partial charge in [0, 0.05) is 40.5 Å². The number of nitrogens with zero attached hydrogens (tertiary/aromatic N) is 1. The van der Waals surface area contributed by atoms with Crippen molar-refractivity contribution >= 4 is 41.6 Å². The van der Waals surface area contributed by atoms with E-state index in [1.807, 2.05) is 41.5 Å². The van der Waals surface area contributed by atoms with Crippen LogP contribution >= 0.6 is 31.3 Å². The second-order valence-corrected chi connectivity index (χ2v) is 16.7. The van der Waals surface area contributed by atoms with Crippen LogP contribution in [0.4, 0.5) is 4.39 Å². The van der Waals surface area contributed by atoms with Gasteiger partial charge in [-0.2, -0.15) is 0 Å². The highest BCUT2D eigenvalue weighted by Gasteiger charge is 2.79. The zero-order valence-electron chi connectivity index (χ0n) is 25.9. The minimum Gasteiger partial charge on any atom is -0.319 e. The summed E-state index contributed by atoms with van der Waals surface area (Å²) in [5.74, 6) is -2.55. The summed E-state index contributed by atoms with van der Waals surface area (Å²) in [6.07, 6.45) is 1.23. The second-order valence-electron chi connectivity index (χ2n) is 12.9. The third-order valence-corrected chi connectivity index (χ3v) is 11.2. The van der Waals surface area contributed by atoms with Gasteiger partial charge in [-0.05, 0) is 25.7 Å². The van der Waals surface area contributed by atoms with E-state index in [1.54, 1.807) is 6.92 Å². The van der Waals surface area contributed by atoms with Crippen LogP contribution in [0.3, 0.4) is 0 Å². The molecule has 244 valence electrons. The van der Waals surface area contributed by atoms with Crippen LogP contribution in [0.1, 0.15) is 80.4 Å². The van der Waals surface area contributed by atoms with Gasteiger partial charge >= 0.3 is 13.5 Å². The number of carbonyl (C=O) groups is 2. The normalized spacial score (nSPS) is 25.5. The number of hydrogen-bond donors (Lipinski definition) is 1. The van der Waals surface area contributed by atoms with E-state index in [2.05, 4.69) is 4.98 Å². The smallest absolute Gasteiger partial charge is 0.319 e. The fourth-order valence-corrected chi connectivity index (χ4v) is 7.80. The molecule has 2 fully saturated rings. The van der Waals surface area contributed by atoms with Gasteiger partial charge in [-0.1, -0.05) is 72.0 Å². The van der Waals surface area contributed by atoms with Crippen LogP contribution in [-0.2, 0) is 32.5 Å². The SMILES string of the molecule is C[C@H]1C2C(OP(=O)(OCCCCSC(=O)C(C)(C)C)OCCCCSC(=O)C(C)(C)C)[C@@]2(F)O[C@H]1n1ccc(=O)[nH]c1=O. The first-order chi connectivity index (χ1) is 19.9. The van der Waals surface area contributed by atoms with Gasteiger partial charge in [-0.15, -0.1) is 0 Å². The van der Waals surface area contributed by atoms with Crippen LogP contribution in [0, 0.1) is 22.7 Å². The lowest BCUT2D eigenvalue weighted by Crippen LogP contribution is -2.35. The number of phosphoric acid groups is 1. The molecule has 2 unspecified atom stereocenters. The molecule has 3 rings (SSSR count). The molecule has 0 amide bonds. The molecule has 1 aliphatic heterocycles. The van der Waals surface area contributed by atoms with Crippen LogP contribution in [0.25, 0.3) is 0 Å². The molecule has 1 saturated carbocycles. The third-order valence-electron chi connectivity index (χ3n) is 7.01. The third kappa shape index (κ3) is 9.61. The second kappa shape index (κ2) is 14.4. The maximum Gasteiger partial charge on any atom is 0.475 e. The van der Waals surface area contributed by atoms with Gasteiger partial charge in [0.15, 0.2) is 10.2 Å². The molecule has 1 N–H and O–H groups in total. The first kappa shape index (κ1) is 36.2. The Morgan fingerprint density at radius 2 is 1.51 bits per heavy atom. The number of aromatic nitrogens is 2. The van der Waals surface area contributed by atoms with Crippen molar-refractivity contribution in [3.8, 4) is 0 Å². The molecule has 1 saturated heterocycles. The molecular weight excluding hydrogens is 622 g/mol. The lowest BCUT2D eigenvalue weighted by Gasteiger charge is -2.24. The number of fused-ring (bicyclic) bond motifs is 1. The van der Waals surface area contributed by atoms with Crippen molar-refractivity contribution in [3.05, 3.63) is 33.1 Å². The van der Waals surface area contributed by atoms with Crippen LogP contribution in [0.5, 0.6) is 0 Å². The van der Waals surface area contributed by atoms with Gasteiger partial charge in [0.05, 0.1) is 19.1 Å². The zero-order chi connectivity index (χ0) is 32.2. The Labute approximate surface area is 260 Å². The van der Waals surface area contributed by atoms with E-state index >= 15 is 4.39 Å². The Morgan fingerprint density at radius 3 is 1.93 bits per heavy atom. The van der Waals surface area contributed by atoms with Crippen molar-refractivity contribution in [1.82, 2.24) is 9.55 Å². The van der Waals surface area contributed by atoms with Crippen LogP contribution in [0.15, 0.2) is 21.9 Å². The standard InChI is InChI=1S/C28H44FN2O9PS2/c1-18-20-21(28(20,29)39-22(18)31-13-12-19(32)30-25(31)35)40-41(36,37-14-8-10-16-42-23(33)26(2,3)4)38-15-9-11-17-43-24(34)27(5,6)7/h12-13,18,20-22H,8-11,14-17H2,1-7H3,(H,30,32,35)/t18-,20?,21?,22+,28-/m0/s1. The fourth-order valence-electron chi connectivity index (χ4n) is 4.41. The lowest BCUT2D eigenvalue weighted by molar-refractivity contribution is -0.141. The number of aromatic amines is 1. The Morgan fingerprint density at radius 1 is 1.00 bits per heavy atom. The minimum atomic E-state index is -4.22. The summed E-state index contributed by atoms with van der Waals surface area (Å²) in [6.45, 7) is 12.8. The number of thioether (sulfide) groups is 2. The zero-order valence-corrected chi connectivity index (χ0v) is 28.4. The molecule has 0 aromatic carbocycles. The largest absolute Gasteiger partial charge is 0.475 e. The molecule has 2 heterocycles. The minimum absolute atomic E-state index is 0.0139. The van der Waals surface area contributed by atoms with Crippen molar-refractivity contribution in [3.63, 3.8) is 0 Å². The van der Waals surface area contributed by atoms with Gasteiger partial charge in [-0.3, -0.25) is 37.5 Å². The molecule has 1 aliphatic carbocycles.